The molecule has 0 bridgehead atoms. The number of esters is 1. The van der Waals surface area contributed by atoms with Crippen molar-refractivity contribution in [2.24, 2.45) is 0 Å². The fraction of sp³-hybridized carbons (Fsp3) is 0.250. The fourth-order valence-electron chi connectivity index (χ4n) is 2.32. The second-order valence-electron chi connectivity index (χ2n) is 5.13. The number of Topliss-reactive ketones (excluding diaryl/α,β-unsaturated/α-hetero) is 1. The minimum Gasteiger partial charge on any atom is -0.479 e. The van der Waals surface area contributed by atoms with Gasteiger partial charge in [0.05, 0.1) is 18.4 Å². The minimum absolute atomic E-state index is 0.0282. The zero-order valence-electron chi connectivity index (χ0n) is 13.4. The predicted octanol–water partition coefficient (Wildman–Crippen LogP) is 3.24. The molecule has 0 fully saturated rings. The van der Waals surface area contributed by atoms with Gasteiger partial charge in [-0.2, -0.15) is 8.78 Å². The van der Waals surface area contributed by atoms with Gasteiger partial charge in [0.15, 0.2) is 24.0 Å². The Kier molecular flexibility index (Phi) is 5.15. The van der Waals surface area contributed by atoms with E-state index in [1.807, 2.05) is 0 Å². The molecule has 0 atom stereocenters. The van der Waals surface area contributed by atoms with Crippen molar-refractivity contribution in [3.63, 3.8) is 0 Å². The molecule has 0 amide bonds. The van der Waals surface area contributed by atoms with E-state index in [1.54, 1.807) is 0 Å². The van der Waals surface area contributed by atoms with Crippen molar-refractivity contribution >= 4 is 11.8 Å². The predicted molar refractivity (Wildman–Crippen MR) is 77.7 cm³/mol. The van der Waals surface area contributed by atoms with Crippen LogP contribution in [0.3, 0.4) is 0 Å². The van der Waals surface area contributed by atoms with Crippen molar-refractivity contribution in [3.8, 4) is 5.75 Å². The molecule has 2 aromatic rings. The van der Waals surface area contributed by atoms with Crippen LogP contribution in [0.2, 0.25) is 0 Å². The number of benzene rings is 1. The van der Waals surface area contributed by atoms with Crippen LogP contribution in [-0.4, -0.2) is 30.5 Å². The molecule has 5 nitrogen and oxygen atoms in total. The van der Waals surface area contributed by atoms with E-state index >= 15 is 0 Å². The van der Waals surface area contributed by atoms with Crippen LogP contribution in [0.15, 0.2) is 6.07 Å². The summed E-state index contributed by atoms with van der Waals surface area (Å²) < 4.78 is 62.5. The van der Waals surface area contributed by atoms with E-state index in [0.29, 0.717) is 5.69 Å². The summed E-state index contributed by atoms with van der Waals surface area (Å²) in [6.45, 7) is 2.09. The van der Waals surface area contributed by atoms with Gasteiger partial charge in [0.25, 0.3) is 0 Å². The zero-order chi connectivity index (χ0) is 18.9. The van der Waals surface area contributed by atoms with Gasteiger partial charge in [0, 0.05) is 11.8 Å². The van der Waals surface area contributed by atoms with Gasteiger partial charge in [0.1, 0.15) is 0 Å². The largest absolute Gasteiger partial charge is 0.479 e. The number of hydrogen-bond donors (Lipinski definition) is 1. The van der Waals surface area contributed by atoms with Crippen molar-refractivity contribution < 1.29 is 36.6 Å². The summed E-state index contributed by atoms with van der Waals surface area (Å²) in [5, 5.41) is 0. The molecule has 0 saturated heterocycles. The molecular formula is C16H13F4NO4. The number of hydrogen-bond acceptors (Lipinski definition) is 4. The lowest BCUT2D eigenvalue weighted by atomic mass is 10.1. The molecule has 0 aliphatic rings. The molecule has 25 heavy (non-hydrogen) atoms. The lowest BCUT2D eigenvalue weighted by molar-refractivity contribution is 0.0599. The molecule has 1 aromatic carbocycles. The van der Waals surface area contributed by atoms with Gasteiger partial charge in [-0.3, -0.25) is 4.79 Å². The Bertz CT molecular complexity index is 834. The fourth-order valence-corrected chi connectivity index (χ4v) is 2.32. The first kappa shape index (κ1) is 18.5. The molecule has 0 aliphatic heterocycles. The van der Waals surface area contributed by atoms with Crippen LogP contribution in [-0.2, 0) is 4.74 Å². The van der Waals surface area contributed by atoms with Crippen LogP contribution < -0.4 is 4.74 Å². The molecule has 1 aromatic heterocycles. The maximum absolute atomic E-state index is 13.5. The molecule has 0 spiro atoms. The summed E-state index contributed by atoms with van der Waals surface area (Å²) in [7, 11) is 1.17. The van der Waals surface area contributed by atoms with Crippen LogP contribution >= 0.6 is 0 Å². The van der Waals surface area contributed by atoms with E-state index in [4.69, 9.17) is 0 Å². The highest BCUT2D eigenvalue weighted by Crippen LogP contribution is 2.27. The smallest absolute Gasteiger partial charge is 0.339 e. The maximum Gasteiger partial charge on any atom is 0.339 e. The molecule has 1 heterocycles. The number of aromatic amines is 1. The van der Waals surface area contributed by atoms with Crippen molar-refractivity contribution in [1.82, 2.24) is 4.98 Å². The Morgan fingerprint density at radius 3 is 2.16 bits per heavy atom. The van der Waals surface area contributed by atoms with E-state index in [-0.39, 0.29) is 22.9 Å². The number of aryl methyl sites for hydroxylation is 1. The molecule has 0 unspecified atom stereocenters. The summed E-state index contributed by atoms with van der Waals surface area (Å²) in [4.78, 5) is 26.5. The summed E-state index contributed by atoms with van der Waals surface area (Å²) in [6, 6.07) is 0.0282. The Morgan fingerprint density at radius 2 is 1.64 bits per heavy atom. The summed E-state index contributed by atoms with van der Waals surface area (Å²) in [5.41, 5.74) is 0.696. The van der Waals surface area contributed by atoms with E-state index in [2.05, 4.69) is 14.5 Å². The van der Waals surface area contributed by atoms with Crippen LogP contribution in [0, 0.1) is 37.1 Å². The number of methoxy groups -OCH3 is 1. The van der Waals surface area contributed by atoms with Gasteiger partial charge in [0.2, 0.25) is 17.4 Å². The second-order valence-corrected chi connectivity index (χ2v) is 5.13. The molecule has 9 heteroatoms. The van der Waals surface area contributed by atoms with E-state index in [1.165, 1.54) is 21.0 Å². The normalized spacial score (nSPS) is 10.7. The number of halogens is 4. The van der Waals surface area contributed by atoms with Crippen LogP contribution in [0.1, 0.15) is 32.1 Å². The van der Waals surface area contributed by atoms with Crippen LogP contribution in [0.4, 0.5) is 17.6 Å². The van der Waals surface area contributed by atoms with Crippen molar-refractivity contribution in [3.05, 3.63) is 51.9 Å². The summed E-state index contributed by atoms with van der Waals surface area (Å²) in [6.07, 6.45) is 0. The quantitative estimate of drug-likeness (QED) is 0.385. The van der Waals surface area contributed by atoms with Crippen LogP contribution in [0.5, 0.6) is 5.75 Å². The van der Waals surface area contributed by atoms with Gasteiger partial charge >= 0.3 is 5.97 Å². The number of ether oxygens (including phenoxy) is 2. The van der Waals surface area contributed by atoms with E-state index in [9.17, 15) is 27.2 Å². The van der Waals surface area contributed by atoms with Crippen molar-refractivity contribution in [2.45, 2.75) is 13.8 Å². The van der Waals surface area contributed by atoms with E-state index < -0.39 is 47.4 Å². The van der Waals surface area contributed by atoms with Gasteiger partial charge in [-0.1, -0.05) is 0 Å². The third-order valence-electron chi connectivity index (χ3n) is 3.52. The van der Waals surface area contributed by atoms with Gasteiger partial charge < -0.3 is 14.5 Å². The van der Waals surface area contributed by atoms with E-state index in [0.717, 1.165) is 0 Å². The van der Waals surface area contributed by atoms with Crippen molar-refractivity contribution in [1.29, 1.82) is 0 Å². The number of aromatic nitrogens is 1. The summed E-state index contributed by atoms with van der Waals surface area (Å²) in [5.74, 6) is -9.58. The molecule has 0 radical (unpaired) electrons. The number of H-pyrrole nitrogens is 1. The average Bonchev–Trinajstić information content (AvgIpc) is 2.86. The highest BCUT2D eigenvalue weighted by molar-refractivity contribution is 6.02. The lowest BCUT2D eigenvalue weighted by Crippen LogP contribution is -2.15. The first-order valence-corrected chi connectivity index (χ1v) is 6.95. The minimum atomic E-state index is -1.75. The Balaban J connectivity index is 2.27. The zero-order valence-corrected chi connectivity index (χ0v) is 13.4. The molecule has 134 valence electrons. The summed E-state index contributed by atoms with van der Waals surface area (Å²) >= 11 is 0. The molecule has 2 rings (SSSR count). The SMILES string of the molecule is COC(=O)c1c(C)[nH]c(C(=O)COc2c(F)c(F)cc(F)c2F)c1C. The highest BCUT2D eigenvalue weighted by atomic mass is 19.2. The Hall–Kier alpha value is -2.84. The van der Waals surface area contributed by atoms with Crippen molar-refractivity contribution in [2.75, 3.05) is 13.7 Å². The van der Waals surface area contributed by atoms with Gasteiger partial charge in [-0.25, -0.2) is 13.6 Å². The maximum atomic E-state index is 13.5. The second kappa shape index (κ2) is 6.96. The molecule has 0 aliphatic carbocycles. The number of carbonyl (C=O) groups is 2. The molecule has 0 saturated carbocycles. The topological polar surface area (TPSA) is 68.4 Å². The molecular weight excluding hydrogens is 346 g/mol. The standard InChI is InChI=1S/C16H13F4NO4/c1-6-11(16(23)24-3)7(2)21-14(6)10(22)5-25-15-12(19)8(17)4-9(18)13(15)20/h4,21H,5H2,1-3H3. The van der Waals surface area contributed by atoms with Gasteiger partial charge in [-0.05, 0) is 19.4 Å². The Labute approximate surface area is 139 Å². The first-order valence-electron chi connectivity index (χ1n) is 6.95. The number of ketones is 1. The highest BCUT2D eigenvalue weighted by Gasteiger charge is 2.25. The monoisotopic (exact) mass is 359 g/mol. The number of carbonyl (C=O) groups excluding carboxylic acids is 2. The van der Waals surface area contributed by atoms with Crippen LogP contribution in [0.25, 0.3) is 0 Å². The Morgan fingerprint density at radius 1 is 1.08 bits per heavy atom. The number of rotatable bonds is 5. The number of nitrogens with one attached hydrogen (secondary N) is 1. The van der Waals surface area contributed by atoms with Gasteiger partial charge in [-0.15, -0.1) is 0 Å². The molecule has 1 N–H and O–H groups in total. The average molecular weight is 359 g/mol. The third kappa shape index (κ3) is 3.35. The first-order chi connectivity index (χ1) is 11.7. The third-order valence-corrected chi connectivity index (χ3v) is 3.52. The lowest BCUT2D eigenvalue weighted by Gasteiger charge is -2.09.